The summed E-state index contributed by atoms with van der Waals surface area (Å²) in [7, 11) is 0. The van der Waals surface area contributed by atoms with E-state index in [4.69, 9.17) is 5.73 Å². The lowest BCUT2D eigenvalue weighted by atomic mass is 9.98. The molecule has 2 aromatic carbocycles. The lowest BCUT2D eigenvalue weighted by molar-refractivity contribution is -0.134. The highest BCUT2D eigenvalue weighted by molar-refractivity contribution is 5.81. The maximum Gasteiger partial charge on any atom is 0.239 e. The summed E-state index contributed by atoms with van der Waals surface area (Å²) in [5.41, 5.74) is 10.3. The molecule has 0 radical (unpaired) electrons. The summed E-state index contributed by atoms with van der Waals surface area (Å²) in [6, 6.07) is 19.8. The Morgan fingerprint density at radius 1 is 0.971 bits per heavy atom. The standard InChI is InChI=1S/C30H45N3O/c1-23(2)18-20-33(28-11-8-19-32(22-28)30(34)29(31)21-24(3)4)27-16-14-26(15-17-27)13-12-25-9-6-5-7-10-25/h5-7,9-10,14-17,23-24,28-29H,8,11-13,18-22,31H2,1-4H3/t28-,29?/m0/s1. The van der Waals surface area contributed by atoms with Gasteiger partial charge in [-0.15, -0.1) is 0 Å². The summed E-state index contributed by atoms with van der Waals surface area (Å²) < 4.78 is 0. The smallest absolute Gasteiger partial charge is 0.239 e. The van der Waals surface area contributed by atoms with Crippen LogP contribution in [0.25, 0.3) is 0 Å². The zero-order valence-electron chi connectivity index (χ0n) is 21.7. The number of amides is 1. The summed E-state index contributed by atoms with van der Waals surface area (Å²) in [6.45, 7) is 11.5. The van der Waals surface area contributed by atoms with Crippen molar-refractivity contribution in [2.24, 2.45) is 17.6 Å². The predicted molar refractivity (Wildman–Crippen MR) is 144 cm³/mol. The number of benzene rings is 2. The van der Waals surface area contributed by atoms with Crippen LogP contribution in [-0.2, 0) is 17.6 Å². The Kier molecular flexibility index (Phi) is 10.0. The van der Waals surface area contributed by atoms with E-state index < -0.39 is 0 Å². The molecule has 0 aromatic heterocycles. The molecule has 0 aliphatic carbocycles. The van der Waals surface area contributed by atoms with Crippen LogP contribution in [0.5, 0.6) is 0 Å². The van der Waals surface area contributed by atoms with Crippen molar-refractivity contribution in [1.29, 1.82) is 0 Å². The van der Waals surface area contributed by atoms with Gasteiger partial charge in [0, 0.05) is 31.4 Å². The number of hydrogen-bond donors (Lipinski definition) is 1. The average Bonchev–Trinajstić information content (AvgIpc) is 2.83. The van der Waals surface area contributed by atoms with Gasteiger partial charge in [0.15, 0.2) is 0 Å². The molecule has 186 valence electrons. The van der Waals surface area contributed by atoms with Crippen molar-refractivity contribution >= 4 is 11.6 Å². The number of anilines is 1. The van der Waals surface area contributed by atoms with Crippen LogP contribution in [0.4, 0.5) is 5.69 Å². The molecule has 4 nitrogen and oxygen atoms in total. The Balaban J connectivity index is 1.68. The maximum absolute atomic E-state index is 13.0. The molecule has 1 aliphatic heterocycles. The Morgan fingerprint density at radius 2 is 1.62 bits per heavy atom. The van der Waals surface area contributed by atoms with E-state index in [0.29, 0.717) is 17.9 Å². The number of nitrogens with zero attached hydrogens (tertiary/aromatic N) is 2. The number of carbonyl (C=O) groups is 1. The molecule has 4 heteroatoms. The van der Waals surface area contributed by atoms with Crippen molar-refractivity contribution in [3.63, 3.8) is 0 Å². The second-order valence-electron chi connectivity index (χ2n) is 10.8. The summed E-state index contributed by atoms with van der Waals surface area (Å²) >= 11 is 0. The molecule has 1 heterocycles. The summed E-state index contributed by atoms with van der Waals surface area (Å²) in [4.78, 5) is 17.6. The average molecular weight is 464 g/mol. The molecule has 1 fully saturated rings. The zero-order valence-corrected chi connectivity index (χ0v) is 21.7. The van der Waals surface area contributed by atoms with Crippen molar-refractivity contribution in [3.05, 3.63) is 65.7 Å². The highest BCUT2D eigenvalue weighted by Crippen LogP contribution is 2.26. The van der Waals surface area contributed by atoms with Gasteiger partial charge in [-0.2, -0.15) is 0 Å². The lowest BCUT2D eigenvalue weighted by Gasteiger charge is -2.41. The Morgan fingerprint density at radius 3 is 2.24 bits per heavy atom. The molecular weight excluding hydrogens is 418 g/mol. The number of rotatable bonds is 11. The molecule has 0 saturated carbocycles. The van der Waals surface area contributed by atoms with Crippen LogP contribution < -0.4 is 10.6 Å². The van der Waals surface area contributed by atoms with E-state index in [2.05, 4.69) is 87.2 Å². The first-order chi connectivity index (χ1) is 16.3. The van der Waals surface area contributed by atoms with Crippen molar-refractivity contribution in [1.82, 2.24) is 4.90 Å². The Hall–Kier alpha value is -2.33. The van der Waals surface area contributed by atoms with Crippen LogP contribution in [0, 0.1) is 11.8 Å². The number of aryl methyl sites for hydroxylation is 2. The lowest BCUT2D eigenvalue weighted by Crippen LogP contribution is -2.54. The van der Waals surface area contributed by atoms with Gasteiger partial charge in [-0.1, -0.05) is 70.2 Å². The van der Waals surface area contributed by atoms with Gasteiger partial charge >= 0.3 is 0 Å². The molecule has 1 amide bonds. The van der Waals surface area contributed by atoms with Gasteiger partial charge in [0.1, 0.15) is 0 Å². The van der Waals surface area contributed by atoms with Crippen molar-refractivity contribution in [2.75, 3.05) is 24.5 Å². The van der Waals surface area contributed by atoms with Gasteiger partial charge in [-0.25, -0.2) is 0 Å². The third-order valence-corrected chi connectivity index (χ3v) is 6.95. The molecule has 1 unspecified atom stereocenters. The van der Waals surface area contributed by atoms with Crippen LogP contribution in [0.3, 0.4) is 0 Å². The highest BCUT2D eigenvalue weighted by Gasteiger charge is 2.30. The molecular formula is C30H45N3O. The zero-order chi connectivity index (χ0) is 24.5. The fraction of sp³-hybridized carbons (Fsp3) is 0.567. The first-order valence-corrected chi connectivity index (χ1v) is 13.3. The van der Waals surface area contributed by atoms with E-state index >= 15 is 0 Å². The highest BCUT2D eigenvalue weighted by atomic mass is 16.2. The second kappa shape index (κ2) is 12.9. The van der Waals surface area contributed by atoms with E-state index in [9.17, 15) is 4.79 Å². The van der Waals surface area contributed by atoms with Crippen molar-refractivity contribution < 1.29 is 4.79 Å². The van der Waals surface area contributed by atoms with E-state index in [1.807, 2.05) is 4.90 Å². The molecule has 34 heavy (non-hydrogen) atoms. The number of carbonyl (C=O) groups excluding carboxylic acids is 1. The maximum atomic E-state index is 13.0. The molecule has 0 bridgehead atoms. The van der Waals surface area contributed by atoms with Gasteiger partial charge in [0.05, 0.1) is 6.04 Å². The van der Waals surface area contributed by atoms with Gasteiger partial charge in [-0.05, 0) is 73.6 Å². The predicted octanol–water partition coefficient (Wildman–Crippen LogP) is 5.69. The number of piperidine rings is 1. The third-order valence-electron chi connectivity index (χ3n) is 6.95. The minimum absolute atomic E-state index is 0.124. The molecule has 0 spiro atoms. The molecule has 2 aromatic rings. The molecule has 3 rings (SSSR count). The summed E-state index contributed by atoms with van der Waals surface area (Å²) in [5, 5.41) is 0. The van der Waals surface area contributed by atoms with E-state index in [-0.39, 0.29) is 11.9 Å². The van der Waals surface area contributed by atoms with Crippen molar-refractivity contribution in [3.8, 4) is 0 Å². The largest absolute Gasteiger partial charge is 0.367 e. The molecule has 2 N–H and O–H groups in total. The number of nitrogens with two attached hydrogens (primary N) is 1. The van der Waals surface area contributed by atoms with Gasteiger partial charge in [0.2, 0.25) is 5.91 Å². The van der Waals surface area contributed by atoms with Crippen LogP contribution in [0.15, 0.2) is 54.6 Å². The van der Waals surface area contributed by atoms with E-state index in [1.165, 1.54) is 16.8 Å². The SMILES string of the molecule is CC(C)CCN(c1ccc(CCc2ccccc2)cc1)[C@H]1CCCN(C(=O)C(N)CC(C)C)C1. The first kappa shape index (κ1) is 26.3. The topological polar surface area (TPSA) is 49.6 Å². The van der Waals surface area contributed by atoms with Gasteiger partial charge in [0.25, 0.3) is 0 Å². The summed E-state index contributed by atoms with van der Waals surface area (Å²) in [5.74, 6) is 1.20. The number of hydrogen-bond acceptors (Lipinski definition) is 3. The molecule has 2 atom stereocenters. The first-order valence-electron chi connectivity index (χ1n) is 13.3. The van der Waals surface area contributed by atoms with Crippen LogP contribution in [0.2, 0.25) is 0 Å². The molecule has 1 saturated heterocycles. The Bertz CT molecular complexity index is 862. The van der Waals surface area contributed by atoms with Crippen LogP contribution in [0.1, 0.15) is 64.5 Å². The third kappa shape index (κ3) is 7.87. The van der Waals surface area contributed by atoms with Crippen LogP contribution >= 0.6 is 0 Å². The second-order valence-corrected chi connectivity index (χ2v) is 10.8. The Labute approximate surface area is 207 Å². The monoisotopic (exact) mass is 463 g/mol. The minimum atomic E-state index is -0.383. The van der Waals surface area contributed by atoms with E-state index in [1.54, 1.807) is 0 Å². The molecule has 1 aliphatic rings. The van der Waals surface area contributed by atoms with Gasteiger partial charge in [-0.3, -0.25) is 4.79 Å². The van der Waals surface area contributed by atoms with Crippen LogP contribution in [-0.4, -0.2) is 42.5 Å². The summed E-state index contributed by atoms with van der Waals surface area (Å²) in [6.07, 6.45) is 6.17. The van der Waals surface area contributed by atoms with Crippen molar-refractivity contribution in [2.45, 2.75) is 78.3 Å². The van der Waals surface area contributed by atoms with Gasteiger partial charge < -0.3 is 15.5 Å². The normalized spacial score (nSPS) is 17.3. The quantitative estimate of drug-likeness (QED) is 0.466. The number of likely N-dealkylation sites (tertiary alicyclic amines) is 1. The minimum Gasteiger partial charge on any atom is -0.367 e. The fourth-order valence-corrected chi connectivity index (χ4v) is 4.96. The fourth-order valence-electron chi connectivity index (χ4n) is 4.96. The van der Waals surface area contributed by atoms with E-state index in [0.717, 1.165) is 58.2 Å².